The molecule has 0 aliphatic carbocycles. The Morgan fingerprint density at radius 3 is 2.88 bits per heavy atom. The number of carbonyl (C=O) groups excluding carboxylic acids is 1. The van der Waals surface area contributed by atoms with Crippen LogP contribution in [0.15, 0.2) is 12.1 Å². The van der Waals surface area contributed by atoms with E-state index < -0.39 is 0 Å². The molecule has 16 heavy (non-hydrogen) atoms. The monoisotopic (exact) mass is 220 g/mol. The van der Waals surface area contributed by atoms with E-state index in [2.05, 4.69) is 0 Å². The van der Waals surface area contributed by atoms with E-state index in [0.717, 1.165) is 17.0 Å². The molecule has 1 heterocycles. The zero-order valence-corrected chi connectivity index (χ0v) is 9.78. The number of fused-ring (bicyclic) bond motifs is 1. The Balaban J connectivity index is 2.57. The minimum Gasteiger partial charge on any atom is -0.490 e. The third-order valence-electron chi connectivity index (χ3n) is 2.87. The molecular weight excluding hydrogens is 204 g/mol. The van der Waals surface area contributed by atoms with Gasteiger partial charge in [0.1, 0.15) is 5.75 Å². The Bertz CT molecular complexity index is 443. The Morgan fingerprint density at radius 2 is 2.19 bits per heavy atom. The van der Waals surface area contributed by atoms with E-state index in [4.69, 9.17) is 10.5 Å². The van der Waals surface area contributed by atoms with Crippen LogP contribution < -0.4 is 15.4 Å². The van der Waals surface area contributed by atoms with Gasteiger partial charge in [-0.2, -0.15) is 0 Å². The molecule has 86 valence electrons. The van der Waals surface area contributed by atoms with Crippen molar-refractivity contribution >= 4 is 17.3 Å². The van der Waals surface area contributed by atoms with E-state index in [-0.39, 0.29) is 11.8 Å². The molecule has 4 heteroatoms. The fourth-order valence-corrected chi connectivity index (χ4v) is 1.95. The minimum absolute atomic E-state index is 0.0590. The van der Waals surface area contributed by atoms with Crippen molar-refractivity contribution in [1.82, 2.24) is 0 Å². The average Bonchev–Trinajstić information content (AvgIpc) is 2.32. The van der Waals surface area contributed by atoms with Gasteiger partial charge in [-0.25, -0.2) is 0 Å². The number of nitrogens with two attached hydrogens (primary N) is 1. The van der Waals surface area contributed by atoms with Gasteiger partial charge in [0.15, 0.2) is 0 Å². The lowest BCUT2D eigenvalue weighted by Crippen LogP contribution is -2.31. The summed E-state index contributed by atoms with van der Waals surface area (Å²) in [6, 6.07) is 3.63. The van der Waals surface area contributed by atoms with E-state index in [9.17, 15) is 4.79 Å². The number of hydrogen-bond acceptors (Lipinski definition) is 3. The third kappa shape index (κ3) is 1.60. The molecule has 1 unspecified atom stereocenters. The second-order valence-corrected chi connectivity index (χ2v) is 4.30. The lowest BCUT2D eigenvalue weighted by molar-refractivity contribution is -0.122. The van der Waals surface area contributed by atoms with Gasteiger partial charge in [-0.1, -0.05) is 6.92 Å². The molecule has 0 bridgehead atoms. The first kappa shape index (κ1) is 10.8. The maximum absolute atomic E-state index is 11.9. The van der Waals surface area contributed by atoms with Crippen LogP contribution in [0.1, 0.15) is 12.5 Å². The highest BCUT2D eigenvalue weighted by Gasteiger charge is 2.27. The number of nitrogen functional groups attached to an aromatic ring is 1. The van der Waals surface area contributed by atoms with Crippen molar-refractivity contribution in [2.75, 3.05) is 24.3 Å². The predicted molar refractivity (Wildman–Crippen MR) is 63.7 cm³/mol. The van der Waals surface area contributed by atoms with E-state index in [1.54, 1.807) is 18.0 Å². The molecule has 1 atom stereocenters. The summed E-state index contributed by atoms with van der Waals surface area (Å²) in [7, 11) is 1.76. The molecule has 0 saturated heterocycles. The summed E-state index contributed by atoms with van der Waals surface area (Å²) in [5, 5.41) is 0. The van der Waals surface area contributed by atoms with E-state index in [1.807, 2.05) is 19.9 Å². The Morgan fingerprint density at radius 1 is 1.50 bits per heavy atom. The number of nitrogens with zero attached hydrogens (tertiary/aromatic N) is 1. The van der Waals surface area contributed by atoms with Gasteiger partial charge >= 0.3 is 0 Å². The van der Waals surface area contributed by atoms with Gasteiger partial charge in [-0.05, 0) is 24.6 Å². The van der Waals surface area contributed by atoms with Gasteiger partial charge in [0.05, 0.1) is 18.2 Å². The minimum atomic E-state index is -0.127. The fraction of sp³-hybridized carbons (Fsp3) is 0.417. The maximum atomic E-state index is 11.9. The van der Waals surface area contributed by atoms with Crippen molar-refractivity contribution in [3.8, 4) is 5.75 Å². The first-order valence-corrected chi connectivity index (χ1v) is 5.31. The summed E-state index contributed by atoms with van der Waals surface area (Å²) < 4.78 is 5.67. The number of ether oxygens (including phenoxy) is 1. The molecule has 1 aliphatic heterocycles. The number of aryl methyl sites for hydroxylation is 1. The quantitative estimate of drug-likeness (QED) is 0.675. The van der Waals surface area contributed by atoms with Gasteiger partial charge in [0, 0.05) is 12.7 Å². The zero-order chi connectivity index (χ0) is 11.9. The number of anilines is 2. The molecule has 1 amide bonds. The normalized spacial score (nSPS) is 20.1. The van der Waals surface area contributed by atoms with Crippen molar-refractivity contribution < 1.29 is 9.53 Å². The van der Waals surface area contributed by atoms with E-state index >= 15 is 0 Å². The van der Waals surface area contributed by atoms with Crippen LogP contribution in [-0.2, 0) is 4.79 Å². The summed E-state index contributed by atoms with van der Waals surface area (Å²) in [5.41, 5.74) is 8.15. The number of carbonyl (C=O) groups is 1. The van der Waals surface area contributed by atoms with Crippen LogP contribution in [-0.4, -0.2) is 19.6 Å². The molecule has 0 spiro atoms. The Kier molecular flexibility index (Phi) is 2.50. The fourth-order valence-electron chi connectivity index (χ4n) is 1.95. The molecule has 4 nitrogen and oxygen atoms in total. The van der Waals surface area contributed by atoms with E-state index in [1.165, 1.54) is 0 Å². The topological polar surface area (TPSA) is 55.6 Å². The molecule has 0 saturated carbocycles. The first-order valence-electron chi connectivity index (χ1n) is 5.31. The van der Waals surface area contributed by atoms with Crippen LogP contribution in [0.2, 0.25) is 0 Å². The smallest absolute Gasteiger partial charge is 0.233 e. The molecule has 1 aromatic carbocycles. The third-order valence-corrected chi connectivity index (χ3v) is 2.87. The summed E-state index contributed by atoms with van der Waals surface area (Å²) in [5.74, 6) is 0.691. The second-order valence-electron chi connectivity index (χ2n) is 4.30. The van der Waals surface area contributed by atoms with Gasteiger partial charge in [0.2, 0.25) is 5.91 Å². The van der Waals surface area contributed by atoms with E-state index in [0.29, 0.717) is 12.3 Å². The van der Waals surface area contributed by atoms with Crippen molar-refractivity contribution in [2.45, 2.75) is 13.8 Å². The number of amides is 1. The van der Waals surface area contributed by atoms with Crippen LogP contribution in [0.4, 0.5) is 11.4 Å². The highest BCUT2D eigenvalue weighted by molar-refractivity contribution is 5.97. The lowest BCUT2D eigenvalue weighted by atomic mass is 10.1. The molecule has 0 radical (unpaired) electrons. The summed E-state index contributed by atoms with van der Waals surface area (Å²) in [6.07, 6.45) is 0. The molecule has 2 N–H and O–H groups in total. The summed E-state index contributed by atoms with van der Waals surface area (Å²) in [6.45, 7) is 4.22. The van der Waals surface area contributed by atoms with Gasteiger partial charge in [0.25, 0.3) is 0 Å². The van der Waals surface area contributed by atoms with Crippen LogP contribution in [0.5, 0.6) is 5.75 Å². The molecule has 1 aliphatic rings. The Labute approximate surface area is 95.0 Å². The number of rotatable bonds is 0. The standard InChI is InChI=1S/C12H16N2O2/c1-7-4-9(13)5-10-11(7)16-6-8(2)12(15)14(10)3/h4-5,8H,6,13H2,1-3H3. The summed E-state index contributed by atoms with van der Waals surface area (Å²) in [4.78, 5) is 13.6. The van der Waals surface area contributed by atoms with Gasteiger partial charge in [-0.3, -0.25) is 4.79 Å². The molecule has 0 aromatic heterocycles. The van der Waals surface area contributed by atoms with Crippen LogP contribution >= 0.6 is 0 Å². The Hall–Kier alpha value is -1.71. The van der Waals surface area contributed by atoms with Gasteiger partial charge in [-0.15, -0.1) is 0 Å². The van der Waals surface area contributed by atoms with Crippen molar-refractivity contribution in [3.63, 3.8) is 0 Å². The maximum Gasteiger partial charge on any atom is 0.233 e. The lowest BCUT2D eigenvalue weighted by Gasteiger charge is -2.19. The highest BCUT2D eigenvalue weighted by Crippen LogP contribution is 2.36. The van der Waals surface area contributed by atoms with Crippen molar-refractivity contribution in [2.24, 2.45) is 5.92 Å². The SMILES string of the molecule is Cc1cc(N)cc2c1OCC(C)C(=O)N2C. The number of hydrogen-bond donors (Lipinski definition) is 1. The molecule has 1 aromatic rings. The second kappa shape index (κ2) is 3.70. The van der Waals surface area contributed by atoms with Crippen LogP contribution in [0.3, 0.4) is 0 Å². The largest absolute Gasteiger partial charge is 0.490 e. The molecule has 2 rings (SSSR count). The van der Waals surface area contributed by atoms with Crippen LogP contribution in [0.25, 0.3) is 0 Å². The van der Waals surface area contributed by atoms with Gasteiger partial charge < -0.3 is 15.4 Å². The molecular formula is C12H16N2O2. The predicted octanol–water partition coefficient (Wildman–Crippen LogP) is 1.57. The average molecular weight is 220 g/mol. The summed E-state index contributed by atoms with van der Waals surface area (Å²) >= 11 is 0. The highest BCUT2D eigenvalue weighted by atomic mass is 16.5. The number of benzene rings is 1. The molecule has 0 fully saturated rings. The zero-order valence-electron chi connectivity index (χ0n) is 9.78. The van der Waals surface area contributed by atoms with Crippen molar-refractivity contribution in [3.05, 3.63) is 17.7 Å². The first-order chi connectivity index (χ1) is 7.50. The van der Waals surface area contributed by atoms with Crippen LogP contribution in [0, 0.1) is 12.8 Å². The van der Waals surface area contributed by atoms with Crippen molar-refractivity contribution in [1.29, 1.82) is 0 Å².